The number of aromatic nitrogens is 3. The summed E-state index contributed by atoms with van der Waals surface area (Å²) in [5.74, 6) is 1.29. The Hall–Kier alpha value is -4.32. The summed E-state index contributed by atoms with van der Waals surface area (Å²) < 4.78 is 5.62. The molecule has 0 saturated carbocycles. The van der Waals surface area contributed by atoms with E-state index in [1.807, 2.05) is 61.6 Å². The van der Waals surface area contributed by atoms with Crippen LogP contribution < -0.4 is 10.9 Å². The van der Waals surface area contributed by atoms with Gasteiger partial charge in [-0.15, -0.1) is 0 Å². The van der Waals surface area contributed by atoms with E-state index in [1.54, 1.807) is 12.1 Å². The van der Waals surface area contributed by atoms with E-state index >= 15 is 0 Å². The van der Waals surface area contributed by atoms with Crippen molar-refractivity contribution in [2.75, 3.05) is 12.4 Å². The van der Waals surface area contributed by atoms with Crippen LogP contribution in [-0.4, -0.2) is 22.0 Å². The molecule has 2 aromatic heterocycles. The maximum absolute atomic E-state index is 12.9. The van der Waals surface area contributed by atoms with Gasteiger partial charge in [-0.1, -0.05) is 61.5 Å². The van der Waals surface area contributed by atoms with Crippen molar-refractivity contribution >= 4 is 16.7 Å². The van der Waals surface area contributed by atoms with Crippen LogP contribution in [0.2, 0.25) is 0 Å². The van der Waals surface area contributed by atoms with Gasteiger partial charge in [-0.3, -0.25) is 0 Å². The fraction of sp³-hybridized carbons (Fsp3) is 0.111. The second kappa shape index (κ2) is 8.67. The van der Waals surface area contributed by atoms with E-state index in [9.17, 15) is 4.79 Å². The molecule has 2 heterocycles. The third kappa shape index (κ3) is 4.11. The van der Waals surface area contributed by atoms with Crippen molar-refractivity contribution in [3.8, 4) is 34.2 Å². The Morgan fingerprint density at radius 1 is 0.788 bits per heavy atom. The second-order valence-electron chi connectivity index (χ2n) is 7.67. The first kappa shape index (κ1) is 20.6. The number of nitrogens with one attached hydrogen (secondary N) is 1. The Kier molecular flexibility index (Phi) is 5.40. The van der Waals surface area contributed by atoms with Gasteiger partial charge in [-0.05, 0) is 30.2 Å². The van der Waals surface area contributed by atoms with Gasteiger partial charge in [0.05, 0.1) is 0 Å². The summed E-state index contributed by atoms with van der Waals surface area (Å²) in [5, 5.41) is 3.84. The van der Waals surface area contributed by atoms with Crippen molar-refractivity contribution in [3.63, 3.8) is 0 Å². The summed E-state index contributed by atoms with van der Waals surface area (Å²) in [7, 11) is 1.82. The van der Waals surface area contributed by atoms with Crippen molar-refractivity contribution in [1.82, 2.24) is 15.0 Å². The lowest BCUT2D eigenvalue weighted by Gasteiger charge is -2.09. The number of aryl methyl sites for hydroxylation is 1. The van der Waals surface area contributed by atoms with Crippen LogP contribution in [0.3, 0.4) is 0 Å². The van der Waals surface area contributed by atoms with Crippen molar-refractivity contribution < 1.29 is 4.42 Å². The second-order valence-corrected chi connectivity index (χ2v) is 7.67. The minimum atomic E-state index is -0.492. The Balaban J connectivity index is 1.71. The molecule has 0 bridgehead atoms. The van der Waals surface area contributed by atoms with E-state index in [-0.39, 0.29) is 5.82 Å². The first-order chi connectivity index (χ1) is 16.1. The highest BCUT2D eigenvalue weighted by molar-refractivity contribution is 5.83. The van der Waals surface area contributed by atoms with Gasteiger partial charge in [-0.2, -0.15) is 0 Å². The quantitative estimate of drug-likeness (QED) is 0.364. The van der Waals surface area contributed by atoms with Crippen molar-refractivity contribution in [1.29, 1.82) is 0 Å². The molecule has 0 fully saturated rings. The molecule has 0 atom stereocenters. The maximum atomic E-state index is 12.9. The Labute approximate surface area is 191 Å². The topological polar surface area (TPSA) is 80.9 Å². The minimum Gasteiger partial charge on any atom is -0.422 e. The molecule has 0 aliphatic rings. The van der Waals surface area contributed by atoms with E-state index in [0.717, 1.165) is 28.6 Å². The standard InChI is InChI=1S/C27H22N4O2/c1-3-17-9-11-19(12-10-17)25-29-24(18-7-5-4-6-8-18)30-26(31-25)22-15-20-13-14-21(28-2)16-23(20)33-27(22)32/h4-16,28H,3H2,1-2H3. The largest absolute Gasteiger partial charge is 0.422 e. The van der Waals surface area contributed by atoms with Crippen LogP contribution in [0.4, 0.5) is 5.69 Å². The summed E-state index contributed by atoms with van der Waals surface area (Å²) in [6.45, 7) is 2.11. The lowest BCUT2D eigenvalue weighted by atomic mass is 10.1. The van der Waals surface area contributed by atoms with Crippen LogP contribution in [-0.2, 0) is 6.42 Å². The fourth-order valence-corrected chi connectivity index (χ4v) is 3.65. The highest BCUT2D eigenvalue weighted by Crippen LogP contribution is 2.26. The van der Waals surface area contributed by atoms with E-state index < -0.39 is 5.63 Å². The average molecular weight is 434 g/mol. The molecule has 0 radical (unpaired) electrons. The molecule has 3 aromatic carbocycles. The van der Waals surface area contributed by atoms with Gasteiger partial charge in [0, 0.05) is 35.3 Å². The predicted octanol–water partition coefficient (Wildman–Crippen LogP) is 5.58. The number of benzene rings is 3. The number of rotatable bonds is 5. The molecule has 162 valence electrons. The SMILES string of the molecule is CCc1ccc(-c2nc(-c3ccccc3)nc(-c3cc4ccc(NC)cc4oc3=O)n2)cc1. The molecule has 0 aliphatic carbocycles. The maximum Gasteiger partial charge on any atom is 0.347 e. The smallest absolute Gasteiger partial charge is 0.347 e. The Morgan fingerprint density at radius 2 is 1.45 bits per heavy atom. The molecule has 0 amide bonds. The van der Waals surface area contributed by atoms with Gasteiger partial charge < -0.3 is 9.73 Å². The Bertz CT molecular complexity index is 1490. The monoisotopic (exact) mass is 434 g/mol. The number of anilines is 1. The van der Waals surface area contributed by atoms with Crippen LogP contribution >= 0.6 is 0 Å². The predicted molar refractivity (Wildman–Crippen MR) is 131 cm³/mol. The highest BCUT2D eigenvalue weighted by Gasteiger charge is 2.16. The highest BCUT2D eigenvalue weighted by atomic mass is 16.4. The number of hydrogen-bond donors (Lipinski definition) is 1. The molecular formula is C27H22N4O2. The van der Waals surface area contributed by atoms with Crippen LogP contribution in [0.25, 0.3) is 45.1 Å². The Morgan fingerprint density at radius 3 is 2.12 bits per heavy atom. The molecule has 0 spiro atoms. The summed E-state index contributed by atoms with van der Waals surface area (Å²) in [5.41, 5.74) is 4.10. The number of nitrogens with zero attached hydrogens (tertiary/aromatic N) is 3. The molecule has 5 rings (SSSR count). The van der Waals surface area contributed by atoms with Crippen molar-refractivity contribution in [2.45, 2.75) is 13.3 Å². The number of fused-ring (bicyclic) bond motifs is 1. The fourth-order valence-electron chi connectivity index (χ4n) is 3.65. The first-order valence-electron chi connectivity index (χ1n) is 10.8. The zero-order chi connectivity index (χ0) is 22.8. The summed E-state index contributed by atoms with van der Waals surface area (Å²) in [6, 6.07) is 25.2. The zero-order valence-corrected chi connectivity index (χ0v) is 18.4. The third-order valence-corrected chi connectivity index (χ3v) is 5.55. The molecule has 6 heteroatoms. The number of hydrogen-bond acceptors (Lipinski definition) is 6. The molecule has 0 unspecified atom stereocenters. The van der Waals surface area contributed by atoms with Gasteiger partial charge in [0.1, 0.15) is 11.1 Å². The molecular weight excluding hydrogens is 412 g/mol. The summed E-state index contributed by atoms with van der Waals surface area (Å²) in [6.07, 6.45) is 0.950. The van der Waals surface area contributed by atoms with Crippen LogP contribution in [0.15, 0.2) is 88.1 Å². The van der Waals surface area contributed by atoms with E-state index in [0.29, 0.717) is 22.8 Å². The van der Waals surface area contributed by atoms with E-state index in [4.69, 9.17) is 9.40 Å². The average Bonchev–Trinajstić information content (AvgIpc) is 2.88. The summed E-state index contributed by atoms with van der Waals surface area (Å²) in [4.78, 5) is 26.9. The lowest BCUT2D eigenvalue weighted by Crippen LogP contribution is -2.08. The molecule has 0 saturated heterocycles. The van der Waals surface area contributed by atoms with E-state index in [1.165, 1.54) is 5.56 Å². The molecule has 5 aromatic rings. The van der Waals surface area contributed by atoms with Crippen LogP contribution in [0.1, 0.15) is 12.5 Å². The molecule has 0 aliphatic heterocycles. The van der Waals surface area contributed by atoms with Crippen LogP contribution in [0.5, 0.6) is 0 Å². The molecule has 33 heavy (non-hydrogen) atoms. The first-order valence-corrected chi connectivity index (χ1v) is 10.8. The van der Waals surface area contributed by atoms with Gasteiger partial charge in [-0.25, -0.2) is 19.7 Å². The van der Waals surface area contributed by atoms with Gasteiger partial charge in [0.2, 0.25) is 0 Å². The van der Waals surface area contributed by atoms with Crippen molar-refractivity contribution in [2.24, 2.45) is 0 Å². The third-order valence-electron chi connectivity index (χ3n) is 5.55. The van der Waals surface area contributed by atoms with Gasteiger partial charge in [0.25, 0.3) is 0 Å². The van der Waals surface area contributed by atoms with Gasteiger partial charge >= 0.3 is 5.63 Å². The van der Waals surface area contributed by atoms with Crippen LogP contribution in [0, 0.1) is 0 Å². The zero-order valence-electron chi connectivity index (χ0n) is 18.4. The normalized spacial score (nSPS) is 11.0. The minimum absolute atomic E-state index is 0.284. The lowest BCUT2D eigenvalue weighted by molar-refractivity contribution is 0.563. The van der Waals surface area contributed by atoms with Gasteiger partial charge in [0.15, 0.2) is 17.5 Å². The summed E-state index contributed by atoms with van der Waals surface area (Å²) >= 11 is 0. The molecule has 1 N–H and O–H groups in total. The molecule has 6 nitrogen and oxygen atoms in total. The van der Waals surface area contributed by atoms with E-state index in [2.05, 4.69) is 34.3 Å². The van der Waals surface area contributed by atoms with Crippen molar-refractivity contribution in [3.05, 3.63) is 94.8 Å².